The van der Waals surface area contributed by atoms with Gasteiger partial charge in [-0.3, -0.25) is 4.90 Å². The van der Waals surface area contributed by atoms with E-state index in [1.807, 2.05) is 0 Å². The van der Waals surface area contributed by atoms with Gasteiger partial charge in [0.05, 0.1) is 6.04 Å². The molecule has 1 aromatic heterocycles. The lowest BCUT2D eigenvalue weighted by Crippen LogP contribution is -2.34. The topological polar surface area (TPSA) is 8.17 Å². The van der Waals surface area contributed by atoms with E-state index in [4.69, 9.17) is 0 Å². The maximum Gasteiger partial charge on any atom is 0.0503 e. The molecule has 3 rings (SSSR count). The van der Waals surface area contributed by atoms with Gasteiger partial charge < -0.3 is 4.57 Å². The molecule has 1 aromatic carbocycles. The third kappa shape index (κ3) is 1.90. The molecule has 0 bridgehead atoms. The van der Waals surface area contributed by atoms with Crippen LogP contribution in [0.2, 0.25) is 0 Å². The predicted molar refractivity (Wildman–Crippen MR) is 81.5 cm³/mol. The molecule has 2 nitrogen and oxygen atoms in total. The summed E-state index contributed by atoms with van der Waals surface area (Å²) in [5, 5.41) is 1.43. The Morgan fingerprint density at radius 3 is 2.74 bits per heavy atom. The van der Waals surface area contributed by atoms with E-state index >= 15 is 0 Å². The van der Waals surface area contributed by atoms with Gasteiger partial charge in [0.25, 0.3) is 0 Å². The van der Waals surface area contributed by atoms with Crippen LogP contribution in [0.25, 0.3) is 10.9 Å². The lowest BCUT2D eigenvalue weighted by atomic mass is 9.98. The van der Waals surface area contributed by atoms with Crippen LogP contribution < -0.4 is 0 Å². The molecule has 2 aromatic rings. The quantitative estimate of drug-likeness (QED) is 0.784. The molecule has 102 valence electrons. The molecule has 0 saturated carbocycles. The number of aryl methyl sites for hydroxylation is 2. The van der Waals surface area contributed by atoms with Gasteiger partial charge in [-0.15, -0.1) is 0 Å². The number of rotatable bonds is 2. The molecular formula is C17H24N2. The van der Waals surface area contributed by atoms with E-state index in [1.165, 1.54) is 35.9 Å². The van der Waals surface area contributed by atoms with Crippen molar-refractivity contribution in [1.82, 2.24) is 9.47 Å². The summed E-state index contributed by atoms with van der Waals surface area (Å²) in [4.78, 5) is 2.52. The first kappa shape index (κ1) is 12.7. The van der Waals surface area contributed by atoms with Gasteiger partial charge in [0, 0.05) is 29.2 Å². The third-order valence-electron chi connectivity index (χ3n) is 4.75. The second-order valence-electron chi connectivity index (χ2n) is 6.10. The van der Waals surface area contributed by atoms with Crippen molar-refractivity contribution in [2.45, 2.75) is 52.2 Å². The number of hydrogen-bond donors (Lipinski definition) is 0. The molecule has 2 heterocycles. The summed E-state index contributed by atoms with van der Waals surface area (Å²) in [5.74, 6) is 0. The fraction of sp³-hybridized carbons (Fsp3) is 0.529. The first-order chi connectivity index (χ1) is 9.11. The second kappa shape index (κ2) is 4.68. The molecule has 2 heteroatoms. The van der Waals surface area contributed by atoms with Gasteiger partial charge in [0.2, 0.25) is 0 Å². The normalized spacial score (nSPS) is 19.4. The first-order valence-electron chi connectivity index (χ1n) is 7.41. The van der Waals surface area contributed by atoms with Crippen molar-refractivity contribution in [3.8, 4) is 0 Å². The smallest absolute Gasteiger partial charge is 0.0503 e. The van der Waals surface area contributed by atoms with Crippen LogP contribution in [0.4, 0.5) is 0 Å². The Morgan fingerprint density at radius 1 is 1.26 bits per heavy atom. The first-order valence-corrected chi connectivity index (χ1v) is 7.41. The van der Waals surface area contributed by atoms with Gasteiger partial charge in [0.15, 0.2) is 0 Å². The fourth-order valence-corrected chi connectivity index (χ4v) is 3.50. The molecule has 0 aliphatic carbocycles. The van der Waals surface area contributed by atoms with Crippen LogP contribution in [0.15, 0.2) is 24.3 Å². The van der Waals surface area contributed by atoms with Crippen LogP contribution >= 0.6 is 0 Å². The molecular weight excluding hydrogens is 232 g/mol. The van der Waals surface area contributed by atoms with E-state index in [2.05, 4.69) is 61.6 Å². The summed E-state index contributed by atoms with van der Waals surface area (Å²) in [7, 11) is 2.27. The Morgan fingerprint density at radius 2 is 2.00 bits per heavy atom. The predicted octanol–water partition coefficient (Wildman–Crippen LogP) is 4.12. The molecule has 0 spiro atoms. The standard InChI is InChI=1S/C17H24N2/c1-12(2)18(4)16-10-7-11-19-15-9-6-5-8-14(15)13(3)17(16)19/h5-6,8-9,12,16H,7,10-11H2,1-4H3. The zero-order chi connectivity index (χ0) is 13.6. The molecule has 1 unspecified atom stereocenters. The number of aromatic nitrogens is 1. The molecule has 1 aliphatic rings. The second-order valence-corrected chi connectivity index (χ2v) is 6.10. The lowest BCUT2D eigenvalue weighted by molar-refractivity contribution is 0.163. The number of hydrogen-bond acceptors (Lipinski definition) is 1. The Kier molecular flexibility index (Phi) is 3.14. The maximum absolute atomic E-state index is 2.55. The largest absolute Gasteiger partial charge is 0.343 e. The minimum Gasteiger partial charge on any atom is -0.343 e. The maximum atomic E-state index is 2.55. The highest BCUT2D eigenvalue weighted by Crippen LogP contribution is 2.38. The highest BCUT2D eigenvalue weighted by molar-refractivity contribution is 5.85. The number of benzene rings is 1. The van der Waals surface area contributed by atoms with E-state index < -0.39 is 0 Å². The van der Waals surface area contributed by atoms with Gasteiger partial charge in [-0.1, -0.05) is 18.2 Å². The average Bonchev–Trinajstić information content (AvgIpc) is 2.72. The van der Waals surface area contributed by atoms with Gasteiger partial charge in [-0.05, 0) is 52.3 Å². The molecule has 1 aliphatic heterocycles. The van der Waals surface area contributed by atoms with Crippen LogP contribution in [-0.2, 0) is 6.54 Å². The summed E-state index contributed by atoms with van der Waals surface area (Å²) >= 11 is 0. The van der Waals surface area contributed by atoms with Crippen molar-refractivity contribution in [1.29, 1.82) is 0 Å². The van der Waals surface area contributed by atoms with Crippen LogP contribution in [0.1, 0.15) is 44.0 Å². The van der Waals surface area contributed by atoms with Crippen LogP contribution in [0.3, 0.4) is 0 Å². The fourth-order valence-electron chi connectivity index (χ4n) is 3.50. The molecule has 0 fully saturated rings. The van der Waals surface area contributed by atoms with Gasteiger partial charge in [-0.2, -0.15) is 0 Å². The zero-order valence-electron chi connectivity index (χ0n) is 12.5. The molecule has 1 atom stereocenters. The van der Waals surface area contributed by atoms with Crippen molar-refractivity contribution < 1.29 is 0 Å². The third-order valence-corrected chi connectivity index (χ3v) is 4.75. The number of nitrogens with zero attached hydrogens (tertiary/aromatic N) is 2. The summed E-state index contributed by atoms with van der Waals surface area (Å²) in [6, 6.07) is 10.0. The van der Waals surface area contributed by atoms with E-state index in [0.717, 1.165) is 0 Å². The highest BCUT2D eigenvalue weighted by Gasteiger charge is 2.29. The van der Waals surface area contributed by atoms with E-state index in [9.17, 15) is 0 Å². The van der Waals surface area contributed by atoms with Crippen molar-refractivity contribution >= 4 is 10.9 Å². The Bertz CT molecular complexity index is 595. The monoisotopic (exact) mass is 256 g/mol. The van der Waals surface area contributed by atoms with Crippen LogP contribution in [-0.4, -0.2) is 22.6 Å². The molecule has 19 heavy (non-hydrogen) atoms. The highest BCUT2D eigenvalue weighted by atomic mass is 15.2. The van der Waals surface area contributed by atoms with Gasteiger partial charge in [-0.25, -0.2) is 0 Å². The minimum absolute atomic E-state index is 0.571. The Labute approximate surface area is 116 Å². The SMILES string of the molecule is Cc1c2n(c3ccccc13)CCCC2N(C)C(C)C. The molecule has 0 saturated heterocycles. The van der Waals surface area contributed by atoms with E-state index in [0.29, 0.717) is 12.1 Å². The van der Waals surface area contributed by atoms with Crippen molar-refractivity contribution in [2.75, 3.05) is 7.05 Å². The molecule has 0 radical (unpaired) electrons. The van der Waals surface area contributed by atoms with E-state index in [-0.39, 0.29) is 0 Å². The van der Waals surface area contributed by atoms with Crippen molar-refractivity contribution in [2.24, 2.45) is 0 Å². The minimum atomic E-state index is 0.571. The van der Waals surface area contributed by atoms with Crippen LogP contribution in [0, 0.1) is 6.92 Å². The Hall–Kier alpha value is -1.28. The summed E-state index contributed by atoms with van der Waals surface area (Å²) in [6.45, 7) is 8.04. The molecule has 0 N–H and O–H groups in total. The summed E-state index contributed by atoms with van der Waals surface area (Å²) in [6.07, 6.45) is 2.57. The molecule has 0 amide bonds. The van der Waals surface area contributed by atoms with Crippen molar-refractivity contribution in [3.63, 3.8) is 0 Å². The Balaban J connectivity index is 2.19. The van der Waals surface area contributed by atoms with Crippen LogP contribution in [0.5, 0.6) is 0 Å². The lowest BCUT2D eigenvalue weighted by Gasteiger charge is -2.36. The van der Waals surface area contributed by atoms with Crippen molar-refractivity contribution in [3.05, 3.63) is 35.5 Å². The van der Waals surface area contributed by atoms with Gasteiger partial charge in [0.1, 0.15) is 0 Å². The average molecular weight is 256 g/mol. The van der Waals surface area contributed by atoms with Gasteiger partial charge >= 0.3 is 0 Å². The summed E-state index contributed by atoms with van der Waals surface area (Å²) < 4.78 is 2.55. The zero-order valence-corrected chi connectivity index (χ0v) is 12.5. The summed E-state index contributed by atoms with van der Waals surface area (Å²) in [5.41, 5.74) is 4.44. The number of para-hydroxylation sites is 1. The van der Waals surface area contributed by atoms with E-state index in [1.54, 1.807) is 5.69 Å². The number of fused-ring (bicyclic) bond motifs is 3.